The third-order valence-corrected chi connectivity index (χ3v) is 2.52. The molecule has 0 fully saturated rings. The fourth-order valence-corrected chi connectivity index (χ4v) is 1.54. The number of hydrogen-bond acceptors (Lipinski definition) is 3. The number of benzene rings is 2. The van der Waals surface area contributed by atoms with E-state index in [0.717, 1.165) is 5.56 Å². The van der Waals surface area contributed by atoms with E-state index in [-0.39, 0.29) is 12.3 Å². The van der Waals surface area contributed by atoms with Gasteiger partial charge in [-0.2, -0.15) is 5.48 Å². The highest BCUT2D eigenvalue weighted by Crippen LogP contribution is 2.20. The zero-order chi connectivity index (χ0) is 12.8. The van der Waals surface area contributed by atoms with Gasteiger partial charge in [-0.25, -0.2) is 4.39 Å². The first kappa shape index (κ1) is 12.5. The number of rotatable bonds is 5. The maximum Gasteiger partial charge on any atom is 0.165 e. The Kier molecular flexibility index (Phi) is 4.28. The van der Waals surface area contributed by atoms with Crippen molar-refractivity contribution in [3.8, 4) is 5.75 Å². The summed E-state index contributed by atoms with van der Waals surface area (Å²) < 4.78 is 13.0. The van der Waals surface area contributed by atoms with E-state index < -0.39 is 5.82 Å². The Balaban J connectivity index is 1.81. The molecule has 3 nitrogen and oxygen atoms in total. The smallest absolute Gasteiger partial charge is 0.165 e. The summed E-state index contributed by atoms with van der Waals surface area (Å²) in [5, 5.41) is 9.44. The van der Waals surface area contributed by atoms with Gasteiger partial charge in [0, 0.05) is 12.1 Å². The fourth-order valence-electron chi connectivity index (χ4n) is 1.54. The van der Waals surface area contributed by atoms with E-state index in [1.165, 1.54) is 6.07 Å². The molecule has 2 aromatic rings. The van der Waals surface area contributed by atoms with Crippen molar-refractivity contribution < 1.29 is 14.3 Å². The lowest BCUT2D eigenvalue weighted by Crippen LogP contribution is -2.14. The lowest BCUT2D eigenvalue weighted by molar-refractivity contribution is 0.0231. The molecule has 0 aliphatic heterocycles. The number of halogens is 1. The van der Waals surface area contributed by atoms with Crippen molar-refractivity contribution in [1.82, 2.24) is 5.48 Å². The van der Waals surface area contributed by atoms with Crippen LogP contribution in [0.1, 0.15) is 11.1 Å². The van der Waals surface area contributed by atoms with Crippen molar-refractivity contribution in [3.63, 3.8) is 0 Å². The van der Waals surface area contributed by atoms with Crippen LogP contribution in [0.15, 0.2) is 48.5 Å². The van der Waals surface area contributed by atoms with E-state index >= 15 is 0 Å². The quantitative estimate of drug-likeness (QED) is 0.630. The Morgan fingerprint density at radius 1 is 1.06 bits per heavy atom. The molecular formula is C14H14FNO2. The van der Waals surface area contributed by atoms with Crippen LogP contribution in [0.4, 0.5) is 4.39 Å². The molecule has 0 bridgehead atoms. The highest BCUT2D eigenvalue weighted by atomic mass is 19.1. The van der Waals surface area contributed by atoms with Gasteiger partial charge in [0.15, 0.2) is 11.6 Å². The minimum Gasteiger partial charge on any atom is -0.505 e. The van der Waals surface area contributed by atoms with E-state index in [1.807, 2.05) is 30.3 Å². The summed E-state index contributed by atoms with van der Waals surface area (Å²) in [5.41, 5.74) is 4.19. The number of para-hydroxylation sites is 1. The topological polar surface area (TPSA) is 41.5 Å². The molecule has 0 saturated carbocycles. The molecule has 2 rings (SSSR count). The Bertz CT molecular complexity index is 502. The van der Waals surface area contributed by atoms with E-state index in [4.69, 9.17) is 4.84 Å². The summed E-state index contributed by atoms with van der Waals surface area (Å²) in [5.74, 6) is -0.967. The van der Waals surface area contributed by atoms with Gasteiger partial charge in [-0.3, -0.25) is 4.84 Å². The standard InChI is InChI=1S/C14H14FNO2/c15-13-8-4-7-12(14(13)17)9-16-18-10-11-5-2-1-3-6-11/h1-8,16-17H,9-10H2. The molecule has 0 spiro atoms. The van der Waals surface area contributed by atoms with E-state index in [1.54, 1.807) is 12.1 Å². The molecule has 0 aliphatic rings. The van der Waals surface area contributed by atoms with E-state index in [2.05, 4.69) is 5.48 Å². The number of phenolic OH excluding ortho intramolecular Hbond substituents is 1. The van der Waals surface area contributed by atoms with Crippen molar-refractivity contribution >= 4 is 0 Å². The van der Waals surface area contributed by atoms with Gasteiger partial charge in [-0.05, 0) is 11.6 Å². The Labute approximate surface area is 105 Å². The molecule has 18 heavy (non-hydrogen) atoms. The van der Waals surface area contributed by atoms with E-state index in [9.17, 15) is 9.50 Å². The summed E-state index contributed by atoms with van der Waals surface area (Å²) in [6.07, 6.45) is 0. The van der Waals surface area contributed by atoms with Crippen LogP contribution >= 0.6 is 0 Å². The van der Waals surface area contributed by atoms with Crippen molar-refractivity contribution in [2.75, 3.05) is 0 Å². The first-order chi connectivity index (χ1) is 8.77. The SMILES string of the molecule is Oc1c(F)cccc1CNOCc1ccccc1. The molecule has 0 amide bonds. The second kappa shape index (κ2) is 6.14. The zero-order valence-corrected chi connectivity index (χ0v) is 9.77. The average molecular weight is 247 g/mol. The number of hydroxylamine groups is 1. The Morgan fingerprint density at radius 3 is 2.61 bits per heavy atom. The number of hydrogen-bond donors (Lipinski definition) is 2. The second-order valence-electron chi connectivity index (χ2n) is 3.84. The molecule has 0 heterocycles. The van der Waals surface area contributed by atoms with Crippen LogP contribution in [0.3, 0.4) is 0 Å². The molecule has 0 aliphatic carbocycles. The number of aromatic hydroxyl groups is 1. The normalized spacial score (nSPS) is 10.5. The van der Waals surface area contributed by atoms with E-state index in [0.29, 0.717) is 12.2 Å². The maximum absolute atomic E-state index is 13.0. The van der Waals surface area contributed by atoms with Crippen LogP contribution in [0.5, 0.6) is 5.75 Å². The monoisotopic (exact) mass is 247 g/mol. The highest BCUT2D eigenvalue weighted by molar-refractivity contribution is 5.33. The molecule has 2 aromatic carbocycles. The predicted molar refractivity (Wildman–Crippen MR) is 66.1 cm³/mol. The van der Waals surface area contributed by atoms with Crippen molar-refractivity contribution in [3.05, 3.63) is 65.5 Å². The molecule has 94 valence electrons. The Hall–Kier alpha value is -1.91. The van der Waals surface area contributed by atoms with Gasteiger partial charge in [0.05, 0.1) is 6.61 Å². The van der Waals surface area contributed by atoms with Crippen molar-refractivity contribution in [2.24, 2.45) is 0 Å². The third-order valence-electron chi connectivity index (χ3n) is 2.52. The number of phenols is 1. The van der Waals surface area contributed by atoms with Gasteiger partial charge in [0.1, 0.15) is 0 Å². The largest absolute Gasteiger partial charge is 0.505 e. The average Bonchev–Trinajstić information content (AvgIpc) is 2.40. The third kappa shape index (κ3) is 3.29. The summed E-state index contributed by atoms with van der Waals surface area (Å²) in [4.78, 5) is 5.23. The molecule has 0 saturated heterocycles. The van der Waals surface area contributed by atoms with Crippen molar-refractivity contribution in [1.29, 1.82) is 0 Å². The molecular weight excluding hydrogens is 233 g/mol. The fraction of sp³-hybridized carbons (Fsp3) is 0.143. The summed E-state index contributed by atoms with van der Waals surface area (Å²) in [7, 11) is 0. The lowest BCUT2D eigenvalue weighted by Gasteiger charge is -2.07. The molecule has 0 radical (unpaired) electrons. The zero-order valence-electron chi connectivity index (χ0n) is 9.77. The van der Waals surface area contributed by atoms with Crippen molar-refractivity contribution in [2.45, 2.75) is 13.2 Å². The molecule has 0 atom stereocenters. The second-order valence-corrected chi connectivity index (χ2v) is 3.84. The first-order valence-electron chi connectivity index (χ1n) is 5.62. The minimum absolute atomic E-state index is 0.246. The maximum atomic E-state index is 13.0. The minimum atomic E-state index is -0.627. The predicted octanol–water partition coefficient (Wildman–Crippen LogP) is 2.75. The first-order valence-corrected chi connectivity index (χ1v) is 5.62. The van der Waals surface area contributed by atoms with Crippen LogP contribution in [-0.4, -0.2) is 5.11 Å². The summed E-state index contributed by atoms with van der Waals surface area (Å²) in [6, 6.07) is 14.1. The molecule has 2 N–H and O–H groups in total. The van der Waals surface area contributed by atoms with Crippen LogP contribution in [-0.2, 0) is 18.0 Å². The lowest BCUT2D eigenvalue weighted by atomic mass is 10.2. The van der Waals surface area contributed by atoms with Crippen LogP contribution < -0.4 is 5.48 Å². The van der Waals surface area contributed by atoms with Gasteiger partial charge in [-0.15, -0.1) is 0 Å². The molecule has 0 unspecified atom stereocenters. The molecule has 4 heteroatoms. The molecule has 0 aromatic heterocycles. The van der Waals surface area contributed by atoms with Crippen LogP contribution in [0.25, 0.3) is 0 Å². The van der Waals surface area contributed by atoms with Crippen LogP contribution in [0, 0.1) is 5.82 Å². The summed E-state index contributed by atoms with van der Waals surface area (Å²) >= 11 is 0. The highest BCUT2D eigenvalue weighted by Gasteiger charge is 2.05. The van der Waals surface area contributed by atoms with Gasteiger partial charge in [0.2, 0.25) is 0 Å². The van der Waals surface area contributed by atoms with Gasteiger partial charge >= 0.3 is 0 Å². The van der Waals surface area contributed by atoms with Gasteiger partial charge in [-0.1, -0.05) is 42.5 Å². The van der Waals surface area contributed by atoms with Crippen LogP contribution in [0.2, 0.25) is 0 Å². The summed E-state index contributed by atoms with van der Waals surface area (Å²) in [6.45, 7) is 0.660. The van der Waals surface area contributed by atoms with Gasteiger partial charge in [0.25, 0.3) is 0 Å². The number of nitrogens with one attached hydrogen (secondary N) is 1. The Morgan fingerprint density at radius 2 is 1.83 bits per heavy atom. The van der Waals surface area contributed by atoms with Gasteiger partial charge < -0.3 is 5.11 Å².